The highest BCUT2D eigenvalue weighted by Crippen LogP contribution is 2.38. The number of piperidine rings is 1. The number of hydrogen-bond acceptors (Lipinski definition) is 7. The Morgan fingerprint density at radius 3 is 2.48 bits per heavy atom. The minimum absolute atomic E-state index is 0.0170. The Hall–Kier alpha value is -1.52. The highest BCUT2D eigenvalue weighted by Gasteiger charge is 2.48. The number of rotatable bonds is 9. The summed E-state index contributed by atoms with van der Waals surface area (Å²) in [5, 5.41) is 33.5. The zero-order chi connectivity index (χ0) is 24.1. The van der Waals surface area contributed by atoms with Crippen molar-refractivity contribution in [3.05, 3.63) is 11.6 Å². The average Bonchev–Trinajstić information content (AvgIpc) is 3.56. The quantitative estimate of drug-likeness (QED) is 0.284. The van der Waals surface area contributed by atoms with Gasteiger partial charge in [0.1, 0.15) is 6.10 Å². The molecule has 33 heavy (non-hydrogen) atoms. The molecule has 3 aliphatic rings. The molecule has 0 saturated carbocycles. The first kappa shape index (κ1) is 26.1. The van der Waals surface area contributed by atoms with Crippen LogP contribution in [0.1, 0.15) is 52.9 Å². The molecule has 9 heteroatoms. The summed E-state index contributed by atoms with van der Waals surface area (Å²) in [4.78, 5) is 26.2. The van der Waals surface area contributed by atoms with Gasteiger partial charge in [0.05, 0.1) is 43.7 Å². The number of nitrogens with one attached hydrogen (secondary N) is 1. The summed E-state index contributed by atoms with van der Waals surface area (Å²) < 4.78 is 11.5. The lowest BCUT2D eigenvalue weighted by atomic mass is 9.85. The van der Waals surface area contributed by atoms with E-state index in [-0.39, 0.29) is 42.4 Å². The number of nitrogens with zero attached hydrogens (tertiary/aromatic N) is 1. The first-order chi connectivity index (χ1) is 15.7. The van der Waals surface area contributed by atoms with E-state index in [1.54, 1.807) is 18.7 Å². The summed E-state index contributed by atoms with van der Waals surface area (Å²) in [7, 11) is 0. The molecule has 0 aliphatic carbocycles. The number of hydrogen-bond donors (Lipinski definition) is 4. The number of epoxide rings is 1. The van der Waals surface area contributed by atoms with E-state index in [9.17, 15) is 24.9 Å². The maximum atomic E-state index is 12.2. The Balaban J connectivity index is 1.41. The average molecular weight is 469 g/mol. The lowest BCUT2D eigenvalue weighted by Crippen LogP contribution is -2.50. The molecule has 0 unspecified atom stereocenters. The van der Waals surface area contributed by atoms with Crippen LogP contribution in [0.25, 0.3) is 0 Å². The van der Waals surface area contributed by atoms with Crippen LogP contribution in [0.5, 0.6) is 0 Å². The lowest BCUT2D eigenvalue weighted by Gasteiger charge is -2.38. The maximum Gasteiger partial charge on any atom is 0.244 e. The van der Waals surface area contributed by atoms with Gasteiger partial charge < -0.3 is 35.0 Å². The van der Waals surface area contributed by atoms with E-state index >= 15 is 0 Å². The molecule has 9 nitrogen and oxygen atoms in total. The molecule has 0 aromatic carbocycles. The highest BCUT2D eigenvalue weighted by atomic mass is 16.6. The molecule has 3 rings (SSSR count). The summed E-state index contributed by atoms with van der Waals surface area (Å²) in [6.45, 7) is 7.20. The number of carbonyl (C=O) groups is 2. The number of likely N-dealkylation sites (tertiary alicyclic amines) is 1. The zero-order valence-electron chi connectivity index (χ0n) is 20.0. The van der Waals surface area contributed by atoms with Crippen molar-refractivity contribution in [1.82, 2.24) is 10.2 Å². The molecule has 0 aromatic heterocycles. The Kier molecular flexibility index (Phi) is 9.29. The Bertz CT molecular complexity index is 707. The van der Waals surface area contributed by atoms with Gasteiger partial charge in [0.15, 0.2) is 0 Å². The number of aliphatic hydroxyl groups excluding tert-OH is 3. The van der Waals surface area contributed by atoms with Crippen LogP contribution in [0.4, 0.5) is 0 Å². The second-order valence-corrected chi connectivity index (χ2v) is 9.94. The van der Waals surface area contributed by atoms with Crippen LogP contribution in [0.3, 0.4) is 0 Å². The van der Waals surface area contributed by atoms with Crippen LogP contribution in [-0.4, -0.2) is 94.9 Å². The van der Waals surface area contributed by atoms with Crippen molar-refractivity contribution < 1.29 is 34.4 Å². The van der Waals surface area contributed by atoms with E-state index in [1.807, 2.05) is 6.92 Å². The molecule has 3 aliphatic heterocycles. The van der Waals surface area contributed by atoms with Gasteiger partial charge in [-0.05, 0) is 46.0 Å². The van der Waals surface area contributed by atoms with Crippen LogP contribution >= 0.6 is 0 Å². The summed E-state index contributed by atoms with van der Waals surface area (Å²) >= 11 is 0. The van der Waals surface area contributed by atoms with Gasteiger partial charge in [-0.3, -0.25) is 9.59 Å². The molecule has 3 fully saturated rings. The van der Waals surface area contributed by atoms with Crippen LogP contribution in [0.2, 0.25) is 0 Å². The standard InChI is InChI=1S/C24H40N2O7/c1-14(10-20(28)25-12-21(29)26-7-5-4-6-8-26)9-18-23(31)22(30)17(13-32-18)11-19-24(33-19)15(2)16(3)27/h10,15-19,22-24,27,30-31H,4-9,11-13H2,1-3H3,(H,25,28)/b14-10+/t15-,16-,17-,18-,19-,22+,23-,24-/m0/s1. The Morgan fingerprint density at radius 1 is 1.12 bits per heavy atom. The third-order valence-corrected chi connectivity index (χ3v) is 7.20. The van der Waals surface area contributed by atoms with Crippen molar-refractivity contribution in [3.63, 3.8) is 0 Å². The molecule has 2 amide bonds. The predicted molar refractivity (Wildman–Crippen MR) is 121 cm³/mol. The van der Waals surface area contributed by atoms with Crippen LogP contribution < -0.4 is 5.32 Å². The molecular formula is C24H40N2O7. The summed E-state index contributed by atoms with van der Waals surface area (Å²) in [6, 6.07) is 0. The molecule has 0 radical (unpaired) electrons. The van der Waals surface area contributed by atoms with Crippen molar-refractivity contribution in [1.29, 1.82) is 0 Å². The molecular weight excluding hydrogens is 428 g/mol. The van der Waals surface area contributed by atoms with Crippen molar-refractivity contribution in [2.24, 2.45) is 11.8 Å². The maximum absolute atomic E-state index is 12.2. The monoisotopic (exact) mass is 468 g/mol. The third kappa shape index (κ3) is 7.23. The van der Waals surface area contributed by atoms with Crippen LogP contribution in [0.15, 0.2) is 11.6 Å². The molecule has 188 valence electrons. The molecule has 0 aromatic rings. The number of aliphatic hydroxyl groups is 3. The van der Waals surface area contributed by atoms with E-state index in [1.165, 1.54) is 6.08 Å². The van der Waals surface area contributed by atoms with Gasteiger partial charge in [-0.1, -0.05) is 12.5 Å². The van der Waals surface area contributed by atoms with Gasteiger partial charge in [-0.2, -0.15) is 0 Å². The number of ether oxygens (including phenoxy) is 2. The minimum Gasteiger partial charge on any atom is -0.393 e. The van der Waals surface area contributed by atoms with E-state index in [0.29, 0.717) is 25.0 Å². The SMILES string of the molecule is C/C(=C\C(=O)NCC(=O)N1CCCCC1)C[C@@H]1OC[C@H](C[C@@H]2O[C@H]2[C@@H](C)[C@H](C)O)[C@@H](O)[C@H]1O. The fourth-order valence-corrected chi connectivity index (χ4v) is 4.78. The first-order valence-corrected chi connectivity index (χ1v) is 12.2. The van der Waals surface area contributed by atoms with Crippen molar-refractivity contribution >= 4 is 11.8 Å². The fourth-order valence-electron chi connectivity index (χ4n) is 4.78. The second kappa shape index (κ2) is 11.8. The normalized spacial score (nSPS) is 34.5. The minimum atomic E-state index is -1.07. The smallest absolute Gasteiger partial charge is 0.244 e. The molecule has 0 bridgehead atoms. The summed E-state index contributed by atoms with van der Waals surface area (Å²) in [5.41, 5.74) is 0.698. The number of carbonyl (C=O) groups excluding carboxylic acids is 2. The van der Waals surface area contributed by atoms with Gasteiger partial charge in [-0.15, -0.1) is 0 Å². The van der Waals surface area contributed by atoms with Gasteiger partial charge >= 0.3 is 0 Å². The van der Waals surface area contributed by atoms with Gasteiger partial charge in [0, 0.05) is 31.0 Å². The molecule has 8 atom stereocenters. The molecule has 4 N–H and O–H groups in total. The van der Waals surface area contributed by atoms with Gasteiger partial charge in [0.25, 0.3) is 0 Å². The fraction of sp³-hybridized carbons (Fsp3) is 0.833. The van der Waals surface area contributed by atoms with Crippen LogP contribution in [-0.2, 0) is 19.1 Å². The lowest BCUT2D eigenvalue weighted by molar-refractivity contribution is -0.165. The van der Waals surface area contributed by atoms with E-state index in [2.05, 4.69) is 5.32 Å². The number of amides is 2. The van der Waals surface area contributed by atoms with Crippen molar-refractivity contribution in [2.75, 3.05) is 26.2 Å². The second-order valence-electron chi connectivity index (χ2n) is 9.94. The molecule has 0 spiro atoms. The van der Waals surface area contributed by atoms with Crippen molar-refractivity contribution in [2.45, 2.75) is 89.5 Å². The van der Waals surface area contributed by atoms with Gasteiger partial charge in [-0.25, -0.2) is 0 Å². The van der Waals surface area contributed by atoms with Crippen LogP contribution in [0, 0.1) is 11.8 Å². The van der Waals surface area contributed by atoms with E-state index in [4.69, 9.17) is 9.47 Å². The highest BCUT2D eigenvalue weighted by molar-refractivity contribution is 5.91. The third-order valence-electron chi connectivity index (χ3n) is 7.20. The molecule has 3 heterocycles. The predicted octanol–water partition coefficient (Wildman–Crippen LogP) is 0.363. The first-order valence-electron chi connectivity index (χ1n) is 12.2. The summed E-state index contributed by atoms with van der Waals surface area (Å²) in [5.74, 6) is -0.658. The Morgan fingerprint density at radius 2 is 1.82 bits per heavy atom. The topological polar surface area (TPSA) is 132 Å². The van der Waals surface area contributed by atoms with E-state index < -0.39 is 24.4 Å². The van der Waals surface area contributed by atoms with Gasteiger partial charge in [0.2, 0.25) is 11.8 Å². The van der Waals surface area contributed by atoms with Crippen molar-refractivity contribution in [3.8, 4) is 0 Å². The largest absolute Gasteiger partial charge is 0.393 e. The summed E-state index contributed by atoms with van der Waals surface area (Å²) in [6.07, 6.45) is 2.28. The Labute approximate surface area is 196 Å². The zero-order valence-corrected chi connectivity index (χ0v) is 20.0. The van der Waals surface area contributed by atoms with E-state index in [0.717, 1.165) is 32.4 Å². The molecule has 3 saturated heterocycles.